The third-order valence-electron chi connectivity index (χ3n) is 16.8. The maximum absolute atomic E-state index is 11.6. The summed E-state index contributed by atoms with van der Waals surface area (Å²) in [5.41, 5.74) is 3.92. The number of phenolic OH excluding ortho intramolecular Hbond substituents is 1. The Morgan fingerprint density at radius 1 is 0.506 bits per heavy atom. The van der Waals surface area contributed by atoms with E-state index in [2.05, 4.69) is 15.9 Å². The van der Waals surface area contributed by atoms with Gasteiger partial charge in [0.05, 0.1) is 66.6 Å². The standard InChI is InChI=1S/C16H22O5.C12H12O3.C12H10O3.C12H14O3.C11H12O3.C6H13BrO2/c1-3-19-14(20-4-2)11-21-13-7-5-12(6-8-13)16(9-10-16)15(17)18;2*13-11(14)12(4-5-12)9-1-2-10-8(7-9)3-6-15-10;1-14-10-5-3-9(4-6-10)12(7-8-12)11(13)15-2;1-14-10(13)11(6-7-11)8-2-4-9(12)5-3-8;1-3-8-6(5-7)9-4-2/h5-8,14H,3-4,9-11H2,1-2H3,(H,17,18);1-2,7H,3-6H2,(H,13,14);1-3,6-7H,4-5H2,(H,13,14);3-6H,7-8H2,1-2H3;2-5,12H,6-7H2,1H3;6H,3-5H2,1-2H3. The van der Waals surface area contributed by atoms with Gasteiger partial charge in [0.2, 0.25) is 0 Å². The monoisotopic (exact) mass is 1290 g/mol. The fourth-order valence-electron chi connectivity index (χ4n) is 10.6. The highest BCUT2D eigenvalue weighted by Gasteiger charge is 2.55. The van der Waals surface area contributed by atoms with Crippen LogP contribution in [-0.4, -0.2) is 129 Å². The van der Waals surface area contributed by atoms with Crippen LogP contribution in [0, 0.1) is 0 Å². The average molecular weight is 1300 g/mol. The van der Waals surface area contributed by atoms with Crippen molar-refractivity contribution in [1.29, 1.82) is 0 Å². The number of carboxylic acids is 3. The van der Waals surface area contributed by atoms with Crippen LogP contribution in [0.4, 0.5) is 0 Å². The van der Waals surface area contributed by atoms with Crippen molar-refractivity contribution in [3.8, 4) is 23.0 Å². The van der Waals surface area contributed by atoms with Gasteiger partial charge < -0.3 is 67.5 Å². The molecule has 2 heterocycles. The molecule has 0 unspecified atom stereocenters. The number of furan rings is 1. The molecule has 0 amide bonds. The summed E-state index contributed by atoms with van der Waals surface area (Å²) < 4.78 is 52.0. The fourth-order valence-corrected chi connectivity index (χ4v) is 11.0. The number of hydrogen-bond donors (Lipinski definition) is 4. The molecule has 1 aliphatic heterocycles. The Balaban J connectivity index is 0.000000154. The molecule has 1 aromatic heterocycles. The number of rotatable bonds is 23. The highest BCUT2D eigenvalue weighted by molar-refractivity contribution is 9.09. The van der Waals surface area contributed by atoms with Crippen molar-refractivity contribution < 1.29 is 91.4 Å². The number of ether oxygens (including phenoxy) is 9. The maximum atomic E-state index is 11.6. The SMILES string of the molecule is CCOC(CBr)OCC.CCOC(COc1ccc(C2(C(=O)O)CC2)cc1)OCC.COC(=O)C1(c2ccc(O)cc2)CC1.COC(=O)C1(c2ccc(OC)cc2)CC1.O=C(O)C1(c2ccc3c(c2)CCO3)CC1.O=C(O)C1(c2ccc3occc3c2)CC1. The van der Waals surface area contributed by atoms with E-state index in [0.717, 1.165) is 126 Å². The average Bonchev–Trinajstić information content (AvgIpc) is 3.69. The van der Waals surface area contributed by atoms with E-state index in [1.165, 1.54) is 14.2 Å². The molecular weight excluding hydrogens is 1210 g/mol. The van der Waals surface area contributed by atoms with Gasteiger partial charge >= 0.3 is 29.8 Å². The largest absolute Gasteiger partial charge is 0.508 e. The van der Waals surface area contributed by atoms with Crippen molar-refractivity contribution in [2.45, 2.75) is 138 Å². The van der Waals surface area contributed by atoms with Crippen molar-refractivity contribution in [1.82, 2.24) is 0 Å². The number of aliphatic carboxylic acids is 3. The first kappa shape index (κ1) is 69.0. The Bertz CT molecular complexity index is 3270. The number of hydrogen-bond acceptors (Lipinski definition) is 16. The molecule has 0 bridgehead atoms. The van der Waals surface area contributed by atoms with Gasteiger partial charge in [0.25, 0.3) is 0 Å². The lowest BCUT2D eigenvalue weighted by Gasteiger charge is -2.18. The molecule has 4 N–H and O–H groups in total. The van der Waals surface area contributed by atoms with E-state index in [1.807, 2.05) is 107 Å². The van der Waals surface area contributed by atoms with Gasteiger partial charge in [0, 0.05) is 38.2 Å². The van der Waals surface area contributed by atoms with Crippen molar-refractivity contribution in [2.75, 3.05) is 66.3 Å². The molecule has 480 valence electrons. The van der Waals surface area contributed by atoms with Gasteiger partial charge in [-0.15, -0.1) is 0 Å². The molecule has 5 aromatic carbocycles. The lowest BCUT2D eigenvalue weighted by atomic mass is 9.94. The van der Waals surface area contributed by atoms with Crippen LogP contribution < -0.4 is 14.2 Å². The topological polar surface area (TPSA) is 262 Å². The number of carboxylic acid groups (broad SMARTS) is 3. The van der Waals surface area contributed by atoms with E-state index in [1.54, 1.807) is 49.8 Å². The van der Waals surface area contributed by atoms with Crippen LogP contribution in [0.25, 0.3) is 11.0 Å². The van der Waals surface area contributed by atoms with Gasteiger partial charge in [0.15, 0.2) is 12.6 Å². The van der Waals surface area contributed by atoms with Gasteiger partial charge in [-0.3, -0.25) is 24.0 Å². The number of aromatic hydroxyl groups is 1. The zero-order valence-corrected chi connectivity index (χ0v) is 53.3. The summed E-state index contributed by atoms with van der Waals surface area (Å²) in [6, 6.07) is 34.9. The minimum absolute atomic E-state index is 0.0694. The molecule has 0 saturated heterocycles. The smallest absolute Gasteiger partial charge is 0.316 e. The van der Waals surface area contributed by atoms with E-state index in [0.29, 0.717) is 51.6 Å². The highest BCUT2D eigenvalue weighted by Crippen LogP contribution is 2.52. The summed E-state index contributed by atoms with van der Waals surface area (Å²) in [6.07, 6.45) is 9.94. The van der Waals surface area contributed by atoms with Crippen LogP contribution in [0.5, 0.6) is 23.0 Å². The summed E-state index contributed by atoms with van der Waals surface area (Å²) >= 11 is 3.27. The van der Waals surface area contributed by atoms with Crippen LogP contribution in [0.2, 0.25) is 0 Å². The Labute approximate surface area is 528 Å². The number of carbonyl (C=O) groups is 5. The minimum Gasteiger partial charge on any atom is -0.508 e. The van der Waals surface area contributed by atoms with Gasteiger partial charge in [0.1, 0.15) is 35.2 Å². The summed E-state index contributed by atoms with van der Waals surface area (Å²) in [7, 11) is 4.47. The van der Waals surface area contributed by atoms with Crippen LogP contribution >= 0.6 is 15.9 Å². The summed E-state index contributed by atoms with van der Waals surface area (Å²) in [5, 5.41) is 38.4. The second-order valence-electron chi connectivity index (χ2n) is 22.3. The first-order valence-corrected chi connectivity index (χ1v) is 31.3. The second kappa shape index (κ2) is 31.3. The maximum Gasteiger partial charge on any atom is 0.316 e. The van der Waals surface area contributed by atoms with Crippen LogP contribution in [0.15, 0.2) is 126 Å². The van der Waals surface area contributed by atoms with E-state index >= 15 is 0 Å². The van der Waals surface area contributed by atoms with Gasteiger partial charge in [-0.1, -0.05) is 70.5 Å². The lowest BCUT2D eigenvalue weighted by Crippen LogP contribution is -2.25. The molecule has 5 fully saturated rings. The number of carbonyl (C=O) groups excluding carboxylic acids is 2. The van der Waals surface area contributed by atoms with Gasteiger partial charge in [-0.25, -0.2) is 0 Å². The van der Waals surface area contributed by atoms with Crippen LogP contribution in [0.1, 0.15) is 125 Å². The van der Waals surface area contributed by atoms with E-state index in [-0.39, 0.29) is 35.7 Å². The summed E-state index contributed by atoms with van der Waals surface area (Å²) in [4.78, 5) is 56.6. The molecule has 5 aliphatic carbocycles. The molecule has 20 heteroatoms. The highest BCUT2D eigenvalue weighted by atomic mass is 79.9. The second-order valence-corrected chi connectivity index (χ2v) is 23.0. The Morgan fingerprint density at radius 2 is 0.910 bits per heavy atom. The van der Waals surface area contributed by atoms with Gasteiger partial charge in [-0.05, 0) is 186 Å². The Hall–Kier alpha value is -7.49. The number of halogens is 1. The quantitative estimate of drug-likeness (QED) is 0.0264. The molecule has 0 spiro atoms. The molecule has 19 nitrogen and oxygen atoms in total. The molecule has 6 aromatic rings. The van der Waals surface area contributed by atoms with Crippen molar-refractivity contribution in [3.63, 3.8) is 0 Å². The third kappa shape index (κ3) is 17.1. The lowest BCUT2D eigenvalue weighted by molar-refractivity contribution is -0.152. The number of phenols is 1. The number of methoxy groups -OCH3 is 3. The van der Waals surface area contributed by atoms with Crippen LogP contribution in [0.3, 0.4) is 0 Å². The summed E-state index contributed by atoms with van der Waals surface area (Å²) in [5.74, 6) is 0.157. The zero-order valence-electron chi connectivity index (χ0n) is 51.7. The van der Waals surface area contributed by atoms with E-state index in [9.17, 15) is 34.2 Å². The number of fused-ring (bicyclic) bond motifs is 2. The minimum atomic E-state index is -0.746. The van der Waals surface area contributed by atoms with Crippen LogP contribution in [-0.2, 0) is 85.9 Å². The van der Waals surface area contributed by atoms with Crippen molar-refractivity contribution in [2.24, 2.45) is 0 Å². The van der Waals surface area contributed by atoms with E-state index in [4.69, 9.17) is 57.3 Å². The Kier molecular flexibility index (Phi) is 24.3. The predicted octanol–water partition coefficient (Wildman–Crippen LogP) is 12.1. The first-order chi connectivity index (χ1) is 42.8. The van der Waals surface area contributed by atoms with Crippen molar-refractivity contribution >= 4 is 56.7 Å². The Morgan fingerprint density at radius 3 is 1.34 bits per heavy atom. The molecule has 12 rings (SSSR count). The fraction of sp³-hybridized carbons (Fsp3) is 0.464. The van der Waals surface area contributed by atoms with Gasteiger partial charge in [-0.2, -0.15) is 0 Å². The number of benzene rings is 5. The molecule has 0 atom stereocenters. The molecule has 5 saturated carbocycles. The normalized spacial score (nSPS) is 16.9. The number of esters is 2. The van der Waals surface area contributed by atoms with Crippen molar-refractivity contribution in [3.05, 3.63) is 155 Å². The third-order valence-corrected chi connectivity index (χ3v) is 17.3. The molecule has 0 radical (unpaired) electrons. The molecular formula is C69H83BrO19. The van der Waals surface area contributed by atoms with E-state index < -0.39 is 39.6 Å². The molecule has 89 heavy (non-hydrogen) atoms. The predicted molar refractivity (Wildman–Crippen MR) is 334 cm³/mol. The summed E-state index contributed by atoms with van der Waals surface area (Å²) in [6.45, 7) is 11.3. The number of alkyl halides is 1. The molecule has 6 aliphatic rings. The zero-order chi connectivity index (χ0) is 64.4. The first-order valence-electron chi connectivity index (χ1n) is 30.1.